The molecule has 5 heteroatoms. The van der Waals surface area contributed by atoms with E-state index in [1.165, 1.54) is 12.0 Å². The van der Waals surface area contributed by atoms with Crippen molar-refractivity contribution in [2.75, 3.05) is 13.1 Å². The Bertz CT molecular complexity index is 588. The van der Waals surface area contributed by atoms with Crippen molar-refractivity contribution in [2.45, 2.75) is 39.8 Å². The van der Waals surface area contributed by atoms with E-state index in [0.29, 0.717) is 6.54 Å². The minimum atomic E-state index is 0.635. The first-order valence-electron chi connectivity index (χ1n) is 8.39. The van der Waals surface area contributed by atoms with Gasteiger partial charge >= 0.3 is 0 Å². The van der Waals surface area contributed by atoms with Crippen molar-refractivity contribution in [3.05, 3.63) is 53.9 Å². The van der Waals surface area contributed by atoms with Gasteiger partial charge in [0.1, 0.15) is 0 Å². The molecule has 0 amide bonds. The van der Waals surface area contributed by atoms with Crippen LogP contribution in [-0.4, -0.2) is 28.8 Å². The summed E-state index contributed by atoms with van der Waals surface area (Å²) in [4.78, 5) is 4.62. The van der Waals surface area contributed by atoms with Crippen LogP contribution in [0.4, 0.5) is 0 Å². The molecular formula is C18H27N5. The van der Waals surface area contributed by atoms with Gasteiger partial charge in [0, 0.05) is 24.8 Å². The average molecular weight is 313 g/mol. The number of rotatable bonds is 8. The molecule has 1 aromatic heterocycles. The van der Waals surface area contributed by atoms with E-state index in [4.69, 9.17) is 0 Å². The second-order valence-corrected chi connectivity index (χ2v) is 5.51. The van der Waals surface area contributed by atoms with Crippen LogP contribution in [0.5, 0.6) is 0 Å². The van der Waals surface area contributed by atoms with Crippen LogP contribution >= 0.6 is 0 Å². The summed E-state index contributed by atoms with van der Waals surface area (Å²) in [5.74, 6) is 0.872. The van der Waals surface area contributed by atoms with Crippen LogP contribution in [0.25, 0.3) is 0 Å². The summed E-state index contributed by atoms with van der Waals surface area (Å²) in [5.41, 5.74) is 2.37. The first-order chi connectivity index (χ1) is 11.3. The van der Waals surface area contributed by atoms with Crippen LogP contribution in [0.1, 0.15) is 37.8 Å². The van der Waals surface area contributed by atoms with Gasteiger partial charge in [0.2, 0.25) is 0 Å². The predicted molar refractivity (Wildman–Crippen MR) is 95.5 cm³/mol. The first kappa shape index (κ1) is 17.1. The molecule has 23 heavy (non-hydrogen) atoms. The van der Waals surface area contributed by atoms with Gasteiger partial charge in [0.15, 0.2) is 5.96 Å². The van der Waals surface area contributed by atoms with Crippen LogP contribution in [0, 0.1) is 0 Å². The van der Waals surface area contributed by atoms with Crippen LogP contribution in [0.15, 0.2) is 47.7 Å². The second kappa shape index (κ2) is 9.66. The van der Waals surface area contributed by atoms with Crippen molar-refractivity contribution >= 4 is 5.96 Å². The molecule has 0 unspecified atom stereocenters. The molecule has 0 saturated carbocycles. The molecule has 2 aromatic rings. The van der Waals surface area contributed by atoms with Crippen molar-refractivity contribution < 1.29 is 0 Å². The van der Waals surface area contributed by atoms with Crippen molar-refractivity contribution in [1.82, 2.24) is 20.4 Å². The van der Waals surface area contributed by atoms with Gasteiger partial charge < -0.3 is 10.6 Å². The molecule has 124 valence electrons. The highest BCUT2D eigenvalue weighted by molar-refractivity contribution is 5.79. The van der Waals surface area contributed by atoms with Crippen molar-refractivity contribution in [1.29, 1.82) is 0 Å². The Morgan fingerprint density at radius 2 is 1.96 bits per heavy atom. The van der Waals surface area contributed by atoms with E-state index in [1.54, 1.807) is 0 Å². The zero-order valence-electron chi connectivity index (χ0n) is 14.1. The van der Waals surface area contributed by atoms with Gasteiger partial charge in [-0.25, -0.2) is 4.99 Å². The number of hydrogen-bond donors (Lipinski definition) is 2. The fourth-order valence-corrected chi connectivity index (χ4v) is 2.24. The van der Waals surface area contributed by atoms with E-state index >= 15 is 0 Å². The maximum absolute atomic E-state index is 4.62. The number of hydrogen-bond acceptors (Lipinski definition) is 2. The van der Waals surface area contributed by atoms with E-state index < -0.39 is 0 Å². The van der Waals surface area contributed by atoms with Gasteiger partial charge in [-0.1, -0.05) is 43.7 Å². The third-order valence-electron chi connectivity index (χ3n) is 3.46. The molecule has 0 atom stereocenters. The average Bonchev–Trinajstić information content (AvgIpc) is 3.01. The normalized spacial score (nSPS) is 11.5. The summed E-state index contributed by atoms with van der Waals surface area (Å²) >= 11 is 0. The third kappa shape index (κ3) is 6.14. The highest BCUT2D eigenvalue weighted by atomic mass is 15.3. The number of unbranched alkanes of at least 4 members (excludes halogenated alkanes) is 1. The highest BCUT2D eigenvalue weighted by Gasteiger charge is 2.01. The predicted octanol–water partition coefficient (Wildman–Crippen LogP) is 2.79. The summed E-state index contributed by atoms with van der Waals surface area (Å²) in [6.07, 6.45) is 6.28. The lowest BCUT2D eigenvalue weighted by atomic mass is 10.2. The van der Waals surface area contributed by atoms with Crippen molar-refractivity contribution in [3.63, 3.8) is 0 Å². The standard InChI is InChI=1S/C18H27N5/c1-3-5-11-20-18(19-4-2)21-12-17-13-22-23(15-17)14-16-9-7-6-8-10-16/h6-10,13,15H,3-5,11-12,14H2,1-2H3,(H2,19,20,21). The largest absolute Gasteiger partial charge is 0.357 e. The fraction of sp³-hybridized carbons (Fsp3) is 0.444. The molecule has 2 N–H and O–H groups in total. The quantitative estimate of drug-likeness (QED) is 0.448. The van der Waals surface area contributed by atoms with E-state index in [9.17, 15) is 0 Å². The highest BCUT2D eigenvalue weighted by Crippen LogP contribution is 2.05. The summed E-state index contributed by atoms with van der Waals surface area (Å²) in [6, 6.07) is 10.4. The summed E-state index contributed by atoms with van der Waals surface area (Å²) < 4.78 is 1.96. The number of benzene rings is 1. The lowest BCUT2D eigenvalue weighted by Crippen LogP contribution is -2.37. The molecule has 1 heterocycles. The Hall–Kier alpha value is -2.30. The van der Waals surface area contributed by atoms with Crippen LogP contribution in [0.3, 0.4) is 0 Å². The van der Waals surface area contributed by atoms with Crippen LogP contribution in [-0.2, 0) is 13.1 Å². The first-order valence-corrected chi connectivity index (χ1v) is 8.39. The smallest absolute Gasteiger partial charge is 0.191 e. The molecule has 0 saturated heterocycles. The molecule has 0 aliphatic carbocycles. The SMILES string of the molecule is CCCCNC(=NCc1cnn(Cc2ccccc2)c1)NCC. The Kier molecular flexibility index (Phi) is 7.17. The Labute approximate surface area is 138 Å². The Morgan fingerprint density at radius 3 is 2.70 bits per heavy atom. The van der Waals surface area contributed by atoms with Gasteiger partial charge in [-0.2, -0.15) is 5.10 Å². The zero-order chi connectivity index (χ0) is 16.3. The monoisotopic (exact) mass is 313 g/mol. The second-order valence-electron chi connectivity index (χ2n) is 5.51. The minimum absolute atomic E-state index is 0.635. The van der Waals surface area contributed by atoms with Crippen molar-refractivity contribution in [2.24, 2.45) is 4.99 Å². The third-order valence-corrected chi connectivity index (χ3v) is 3.46. The number of aromatic nitrogens is 2. The molecule has 1 aromatic carbocycles. The molecule has 0 spiro atoms. The van der Waals surface area contributed by atoms with Gasteiger partial charge in [-0.3, -0.25) is 4.68 Å². The summed E-state index contributed by atoms with van der Waals surface area (Å²) in [5, 5.41) is 11.0. The van der Waals surface area contributed by atoms with Crippen LogP contribution < -0.4 is 10.6 Å². The molecule has 0 aliphatic rings. The molecule has 0 aliphatic heterocycles. The van der Waals surface area contributed by atoms with Crippen LogP contribution in [0.2, 0.25) is 0 Å². The molecule has 2 rings (SSSR count). The molecule has 5 nitrogen and oxygen atoms in total. The van der Waals surface area contributed by atoms with E-state index in [2.05, 4.69) is 65.0 Å². The number of aliphatic imine (C=N–C) groups is 1. The van der Waals surface area contributed by atoms with Gasteiger partial charge in [-0.15, -0.1) is 0 Å². The van der Waals surface area contributed by atoms with Gasteiger partial charge in [-0.05, 0) is 18.9 Å². The molecule has 0 fully saturated rings. The fourth-order valence-electron chi connectivity index (χ4n) is 2.24. The number of nitrogens with zero attached hydrogens (tertiary/aromatic N) is 3. The minimum Gasteiger partial charge on any atom is -0.357 e. The number of guanidine groups is 1. The maximum atomic E-state index is 4.62. The maximum Gasteiger partial charge on any atom is 0.191 e. The Balaban J connectivity index is 1.90. The summed E-state index contributed by atoms with van der Waals surface area (Å²) in [7, 11) is 0. The van der Waals surface area contributed by atoms with E-state index in [1.807, 2.05) is 16.9 Å². The molecule has 0 radical (unpaired) electrons. The van der Waals surface area contributed by atoms with E-state index in [0.717, 1.165) is 37.6 Å². The van der Waals surface area contributed by atoms with E-state index in [-0.39, 0.29) is 0 Å². The topological polar surface area (TPSA) is 54.2 Å². The lowest BCUT2D eigenvalue weighted by molar-refractivity contribution is 0.686. The molecule has 0 bridgehead atoms. The lowest BCUT2D eigenvalue weighted by Gasteiger charge is -2.10. The van der Waals surface area contributed by atoms with Gasteiger partial charge in [0.25, 0.3) is 0 Å². The molecular weight excluding hydrogens is 286 g/mol. The summed E-state index contributed by atoms with van der Waals surface area (Å²) in [6.45, 7) is 7.51. The Morgan fingerprint density at radius 1 is 1.13 bits per heavy atom. The number of nitrogens with one attached hydrogen (secondary N) is 2. The van der Waals surface area contributed by atoms with Gasteiger partial charge in [0.05, 0.1) is 19.3 Å². The zero-order valence-corrected chi connectivity index (χ0v) is 14.1. The van der Waals surface area contributed by atoms with Crippen molar-refractivity contribution in [3.8, 4) is 0 Å².